The van der Waals surface area contributed by atoms with E-state index < -0.39 is 50.5 Å². The third kappa shape index (κ3) is 6.99. The number of halogens is 2. The van der Waals surface area contributed by atoms with E-state index >= 15 is 0 Å². The van der Waals surface area contributed by atoms with E-state index in [1.165, 1.54) is 4.90 Å². The molecule has 0 aromatic heterocycles. The quantitative estimate of drug-likeness (QED) is 0.380. The molecular formula is C24H37F2NO5Si. The van der Waals surface area contributed by atoms with E-state index in [9.17, 15) is 18.4 Å². The normalized spacial score (nSPS) is 21.9. The van der Waals surface area contributed by atoms with Gasteiger partial charge in [-0.15, -0.1) is 0 Å². The summed E-state index contributed by atoms with van der Waals surface area (Å²) in [6.45, 7) is 15.0. The van der Waals surface area contributed by atoms with Crippen LogP contribution >= 0.6 is 0 Å². The molecule has 1 aromatic rings. The SMILES string of the molecule is CC(C)(C)OC(=O)N1C[C@H](OC(=O)c2ccccc2)[C@H](C(F)F)[C@H]1CO[Si](C)(C)C(C)(C)C. The Labute approximate surface area is 196 Å². The number of hydrogen-bond donors (Lipinski definition) is 0. The second kappa shape index (κ2) is 10.1. The van der Waals surface area contributed by atoms with Gasteiger partial charge in [-0.05, 0) is 51.0 Å². The van der Waals surface area contributed by atoms with E-state index in [-0.39, 0.29) is 23.8 Å². The van der Waals surface area contributed by atoms with Crippen LogP contribution in [0, 0.1) is 5.92 Å². The van der Waals surface area contributed by atoms with Crippen molar-refractivity contribution < 1.29 is 32.3 Å². The van der Waals surface area contributed by atoms with Gasteiger partial charge < -0.3 is 13.9 Å². The van der Waals surface area contributed by atoms with Crippen LogP contribution in [-0.4, -0.2) is 62.6 Å². The fourth-order valence-electron chi connectivity index (χ4n) is 3.37. The van der Waals surface area contributed by atoms with Gasteiger partial charge in [0.1, 0.15) is 11.7 Å². The zero-order chi connectivity index (χ0) is 25.2. The van der Waals surface area contributed by atoms with E-state index in [2.05, 4.69) is 20.8 Å². The minimum Gasteiger partial charge on any atom is -0.456 e. The monoisotopic (exact) mass is 485 g/mol. The maximum absolute atomic E-state index is 14.3. The highest BCUT2D eigenvalue weighted by atomic mass is 28.4. The smallest absolute Gasteiger partial charge is 0.410 e. The van der Waals surface area contributed by atoms with Gasteiger partial charge in [0.15, 0.2) is 8.32 Å². The zero-order valence-corrected chi connectivity index (χ0v) is 21.9. The second-order valence-corrected chi connectivity index (χ2v) is 15.8. The fourth-order valence-corrected chi connectivity index (χ4v) is 4.39. The number of nitrogens with zero attached hydrogens (tertiary/aromatic N) is 1. The molecule has 1 aliphatic heterocycles. The Morgan fingerprint density at radius 2 is 1.67 bits per heavy atom. The summed E-state index contributed by atoms with van der Waals surface area (Å²) in [5.41, 5.74) is -0.545. The van der Waals surface area contributed by atoms with Gasteiger partial charge in [0.25, 0.3) is 0 Å². The molecule has 1 amide bonds. The second-order valence-electron chi connectivity index (χ2n) is 11.0. The van der Waals surface area contributed by atoms with Gasteiger partial charge in [0.2, 0.25) is 6.43 Å². The first-order valence-corrected chi connectivity index (χ1v) is 14.1. The van der Waals surface area contributed by atoms with Crippen molar-refractivity contribution in [2.75, 3.05) is 13.2 Å². The maximum atomic E-state index is 14.3. The van der Waals surface area contributed by atoms with Crippen LogP contribution in [0.2, 0.25) is 18.1 Å². The molecule has 2 rings (SSSR count). The van der Waals surface area contributed by atoms with Crippen LogP contribution in [0.25, 0.3) is 0 Å². The molecule has 6 nitrogen and oxygen atoms in total. The van der Waals surface area contributed by atoms with Crippen molar-refractivity contribution in [3.8, 4) is 0 Å². The summed E-state index contributed by atoms with van der Waals surface area (Å²) in [6, 6.07) is 7.20. The van der Waals surface area contributed by atoms with E-state index in [4.69, 9.17) is 13.9 Å². The Balaban J connectivity index is 2.33. The molecule has 0 spiro atoms. The minimum absolute atomic E-state index is 0.0792. The number of alkyl halides is 2. The summed E-state index contributed by atoms with van der Waals surface area (Å²) in [5.74, 6) is -2.10. The van der Waals surface area contributed by atoms with E-state index in [0.717, 1.165) is 0 Å². The first-order valence-electron chi connectivity index (χ1n) is 11.2. The molecule has 1 aromatic carbocycles. The molecule has 1 aliphatic rings. The maximum Gasteiger partial charge on any atom is 0.410 e. The number of hydrogen-bond acceptors (Lipinski definition) is 5. The van der Waals surface area contributed by atoms with Gasteiger partial charge in [-0.1, -0.05) is 39.0 Å². The first kappa shape index (κ1) is 27.2. The van der Waals surface area contributed by atoms with Crippen LogP contribution in [0.15, 0.2) is 30.3 Å². The van der Waals surface area contributed by atoms with Crippen molar-refractivity contribution >= 4 is 20.4 Å². The summed E-state index contributed by atoms with van der Waals surface area (Å²) in [5, 5.41) is -0.137. The average Bonchev–Trinajstić information content (AvgIpc) is 3.03. The Hall–Kier alpha value is -2.00. The highest BCUT2D eigenvalue weighted by Crippen LogP contribution is 2.39. The highest BCUT2D eigenvalue weighted by Gasteiger charge is 2.52. The van der Waals surface area contributed by atoms with Crippen LogP contribution in [0.1, 0.15) is 51.9 Å². The lowest BCUT2D eigenvalue weighted by Crippen LogP contribution is -2.49. The Morgan fingerprint density at radius 1 is 1.09 bits per heavy atom. The lowest BCUT2D eigenvalue weighted by molar-refractivity contribution is -0.0255. The van der Waals surface area contributed by atoms with Gasteiger partial charge in [-0.2, -0.15) is 0 Å². The van der Waals surface area contributed by atoms with Gasteiger partial charge >= 0.3 is 12.1 Å². The first-order chi connectivity index (χ1) is 15.0. The number of esters is 1. The number of likely N-dealkylation sites (tertiary alicyclic amines) is 1. The minimum atomic E-state index is -2.82. The predicted molar refractivity (Wildman–Crippen MR) is 125 cm³/mol. The van der Waals surface area contributed by atoms with Crippen LogP contribution in [0.4, 0.5) is 13.6 Å². The van der Waals surface area contributed by atoms with Gasteiger partial charge in [0.05, 0.1) is 30.7 Å². The molecule has 0 radical (unpaired) electrons. The highest BCUT2D eigenvalue weighted by molar-refractivity contribution is 6.74. The zero-order valence-electron chi connectivity index (χ0n) is 20.9. The number of rotatable bonds is 6. The molecule has 9 heteroatoms. The number of benzene rings is 1. The Morgan fingerprint density at radius 3 is 2.15 bits per heavy atom. The van der Waals surface area contributed by atoms with Crippen molar-refractivity contribution in [2.45, 2.75) is 83.8 Å². The molecule has 0 bridgehead atoms. The number of carbonyl (C=O) groups excluding carboxylic acids is 2. The molecular weight excluding hydrogens is 448 g/mol. The van der Waals surface area contributed by atoms with Crippen molar-refractivity contribution in [3.05, 3.63) is 35.9 Å². The molecule has 0 saturated carbocycles. The summed E-state index contributed by atoms with van der Waals surface area (Å²) in [4.78, 5) is 26.8. The molecule has 1 saturated heterocycles. The molecule has 33 heavy (non-hydrogen) atoms. The lowest BCUT2D eigenvalue weighted by atomic mass is 9.99. The topological polar surface area (TPSA) is 65.1 Å². The molecule has 0 N–H and O–H groups in total. The standard InChI is InChI=1S/C24H37F2NO5Si/c1-23(2,3)32-22(29)27-14-18(31-21(28)16-12-10-9-11-13-16)19(20(25)26)17(27)15-30-33(7,8)24(4,5)6/h9-13,17-20H,14-15H2,1-8H3/t17-,18+,19-/m1/s1. The molecule has 1 fully saturated rings. The average molecular weight is 486 g/mol. The van der Waals surface area contributed by atoms with Crippen LogP contribution < -0.4 is 0 Å². The van der Waals surface area contributed by atoms with Gasteiger partial charge in [-0.25, -0.2) is 18.4 Å². The van der Waals surface area contributed by atoms with E-state index in [0.29, 0.717) is 0 Å². The Bertz CT molecular complexity index is 820. The van der Waals surface area contributed by atoms with Crippen molar-refractivity contribution in [3.63, 3.8) is 0 Å². The van der Waals surface area contributed by atoms with Gasteiger partial charge in [-0.3, -0.25) is 4.90 Å². The molecule has 0 aliphatic carbocycles. The number of amides is 1. The predicted octanol–water partition coefficient (Wildman–Crippen LogP) is 5.73. The lowest BCUT2D eigenvalue weighted by Gasteiger charge is -2.38. The van der Waals surface area contributed by atoms with Crippen molar-refractivity contribution in [1.29, 1.82) is 0 Å². The van der Waals surface area contributed by atoms with Crippen LogP contribution in [0.5, 0.6) is 0 Å². The molecule has 3 atom stereocenters. The summed E-state index contributed by atoms with van der Waals surface area (Å²) >= 11 is 0. The summed E-state index contributed by atoms with van der Waals surface area (Å²) in [6.07, 6.45) is -4.73. The van der Waals surface area contributed by atoms with E-state index in [1.54, 1.807) is 51.1 Å². The molecule has 186 valence electrons. The van der Waals surface area contributed by atoms with Gasteiger partial charge in [0, 0.05) is 0 Å². The number of ether oxygens (including phenoxy) is 2. The summed E-state index contributed by atoms with van der Waals surface area (Å²) < 4.78 is 45.8. The van der Waals surface area contributed by atoms with Crippen molar-refractivity contribution in [1.82, 2.24) is 4.90 Å². The molecule has 1 heterocycles. The van der Waals surface area contributed by atoms with Crippen molar-refractivity contribution in [2.24, 2.45) is 5.92 Å². The fraction of sp³-hybridized carbons (Fsp3) is 0.667. The van der Waals surface area contributed by atoms with Crippen LogP contribution in [-0.2, 0) is 13.9 Å². The van der Waals surface area contributed by atoms with E-state index in [1.807, 2.05) is 13.1 Å². The third-order valence-electron chi connectivity index (χ3n) is 6.26. The molecule has 0 unspecified atom stereocenters. The van der Waals surface area contributed by atoms with Crippen LogP contribution in [0.3, 0.4) is 0 Å². The third-order valence-corrected chi connectivity index (χ3v) is 10.8. The number of carbonyl (C=O) groups is 2. The summed E-state index contributed by atoms with van der Waals surface area (Å²) in [7, 11) is -2.29. The largest absolute Gasteiger partial charge is 0.456 e. The Kier molecular flexibility index (Phi) is 8.33.